The van der Waals surface area contributed by atoms with Crippen molar-refractivity contribution in [1.82, 2.24) is 10.2 Å². The minimum Gasteiger partial charge on any atom is -0.469 e. The molecule has 5 rings (SSSR count). The van der Waals surface area contributed by atoms with E-state index in [1.165, 1.54) is 7.11 Å². The average molecular weight is 693 g/mol. The van der Waals surface area contributed by atoms with Crippen LogP contribution in [0.5, 0.6) is 0 Å². The molecule has 2 amide bonds. The van der Waals surface area contributed by atoms with Crippen molar-refractivity contribution in [2.45, 2.75) is 63.3 Å². The van der Waals surface area contributed by atoms with Crippen LogP contribution in [0.4, 0.5) is 4.79 Å². The predicted molar refractivity (Wildman–Crippen MR) is 200 cm³/mol. The lowest BCUT2D eigenvalue weighted by molar-refractivity contribution is -0.158. The van der Waals surface area contributed by atoms with Gasteiger partial charge in [0.15, 0.2) is 0 Å². The summed E-state index contributed by atoms with van der Waals surface area (Å²) in [7, 11) is 1.43. The molecular formula is C42H48N2O5S. The number of carbonyl (C=O) groups is 3. The zero-order chi connectivity index (χ0) is 35.8. The third-order valence-corrected chi connectivity index (χ3v) is 11.1. The van der Waals surface area contributed by atoms with Crippen LogP contribution in [0.2, 0.25) is 0 Å². The van der Waals surface area contributed by atoms with Gasteiger partial charge in [-0.1, -0.05) is 115 Å². The van der Waals surface area contributed by atoms with Crippen LogP contribution in [-0.2, 0) is 30.2 Å². The van der Waals surface area contributed by atoms with Crippen LogP contribution >= 0.6 is 11.8 Å². The molecule has 4 aromatic carbocycles. The number of benzene rings is 4. The van der Waals surface area contributed by atoms with Crippen LogP contribution < -0.4 is 5.32 Å². The van der Waals surface area contributed by atoms with E-state index >= 15 is 0 Å². The van der Waals surface area contributed by atoms with Gasteiger partial charge in [0, 0.05) is 18.8 Å². The molecule has 0 aromatic heterocycles. The molecule has 0 bridgehead atoms. The van der Waals surface area contributed by atoms with Crippen LogP contribution in [0.1, 0.15) is 61.4 Å². The minimum atomic E-state index is -0.896. The number of ether oxygens (including phenoxy) is 2. The third kappa shape index (κ3) is 8.41. The maximum Gasteiger partial charge on any atom is 0.408 e. The molecule has 0 saturated carbocycles. The highest BCUT2D eigenvalue weighted by molar-refractivity contribution is 8.00. The first-order valence-corrected chi connectivity index (χ1v) is 18.2. The van der Waals surface area contributed by atoms with Crippen LogP contribution in [0.25, 0.3) is 0 Å². The minimum absolute atomic E-state index is 0.208. The number of nitrogens with one attached hydrogen (secondary N) is 1. The molecule has 1 atom stereocenters. The number of aryl methyl sites for hydroxylation is 1. The van der Waals surface area contributed by atoms with Crippen molar-refractivity contribution in [2.24, 2.45) is 5.41 Å². The Labute approximate surface area is 300 Å². The van der Waals surface area contributed by atoms with Crippen LogP contribution in [-0.4, -0.2) is 60.5 Å². The Morgan fingerprint density at radius 1 is 0.780 bits per heavy atom. The number of piperidine rings is 1. The number of amides is 2. The highest BCUT2D eigenvalue weighted by Gasteiger charge is 2.45. The van der Waals surface area contributed by atoms with E-state index < -0.39 is 27.9 Å². The summed E-state index contributed by atoms with van der Waals surface area (Å²) in [5.74, 6) is -0.204. The SMILES string of the molecule is COC(=O)C1(Cc2ccccc2C)CCN(C(=O)[C@H](CSC(c2ccccc2)(c2ccccc2)c2ccccc2)NC(=O)OC(C)(C)C)CC1. The highest BCUT2D eigenvalue weighted by atomic mass is 32.2. The van der Waals surface area contributed by atoms with E-state index in [2.05, 4.69) is 41.7 Å². The van der Waals surface area contributed by atoms with E-state index in [0.29, 0.717) is 32.4 Å². The number of nitrogens with zero attached hydrogens (tertiary/aromatic N) is 1. The number of hydrogen-bond acceptors (Lipinski definition) is 6. The van der Waals surface area contributed by atoms with Gasteiger partial charge < -0.3 is 19.7 Å². The molecule has 50 heavy (non-hydrogen) atoms. The van der Waals surface area contributed by atoms with Crippen molar-refractivity contribution in [1.29, 1.82) is 0 Å². The third-order valence-electron chi connectivity index (χ3n) is 9.44. The summed E-state index contributed by atoms with van der Waals surface area (Å²) in [5.41, 5.74) is 3.90. The van der Waals surface area contributed by atoms with Crippen LogP contribution in [0.15, 0.2) is 115 Å². The molecular weight excluding hydrogens is 645 g/mol. The molecule has 1 fully saturated rings. The van der Waals surface area contributed by atoms with Crippen LogP contribution in [0, 0.1) is 12.3 Å². The number of hydrogen-bond donors (Lipinski definition) is 1. The van der Waals surface area contributed by atoms with Crippen molar-refractivity contribution in [3.05, 3.63) is 143 Å². The van der Waals surface area contributed by atoms with Crippen molar-refractivity contribution in [3.8, 4) is 0 Å². The second-order valence-electron chi connectivity index (χ2n) is 14.0. The highest BCUT2D eigenvalue weighted by Crippen LogP contribution is 2.49. The molecule has 7 nitrogen and oxygen atoms in total. The first-order chi connectivity index (χ1) is 24.0. The topological polar surface area (TPSA) is 84.9 Å². The Balaban J connectivity index is 1.47. The van der Waals surface area contributed by atoms with Gasteiger partial charge in [0.2, 0.25) is 5.91 Å². The van der Waals surface area contributed by atoms with Gasteiger partial charge in [-0.25, -0.2) is 4.79 Å². The molecule has 1 aliphatic rings. The van der Waals surface area contributed by atoms with Gasteiger partial charge in [-0.3, -0.25) is 9.59 Å². The molecule has 8 heteroatoms. The first-order valence-electron chi connectivity index (χ1n) is 17.2. The van der Waals surface area contributed by atoms with E-state index in [1.807, 2.05) is 85.8 Å². The number of rotatable bonds is 11. The summed E-state index contributed by atoms with van der Waals surface area (Å²) in [6.45, 7) is 8.17. The summed E-state index contributed by atoms with van der Waals surface area (Å²) in [5, 5.41) is 2.93. The van der Waals surface area contributed by atoms with Gasteiger partial charge in [0.25, 0.3) is 0 Å². The monoisotopic (exact) mass is 692 g/mol. The summed E-state index contributed by atoms with van der Waals surface area (Å²) in [6, 6.07) is 37.9. The fraction of sp³-hybridized carbons (Fsp3) is 0.357. The van der Waals surface area contributed by atoms with Gasteiger partial charge in [0.1, 0.15) is 11.6 Å². The van der Waals surface area contributed by atoms with Crippen LogP contribution in [0.3, 0.4) is 0 Å². The average Bonchev–Trinajstić information content (AvgIpc) is 3.12. The van der Waals surface area contributed by atoms with E-state index in [0.717, 1.165) is 27.8 Å². The lowest BCUT2D eigenvalue weighted by Gasteiger charge is -2.41. The largest absolute Gasteiger partial charge is 0.469 e. The predicted octanol–water partition coefficient (Wildman–Crippen LogP) is 7.94. The number of thioether (sulfide) groups is 1. The molecule has 4 aromatic rings. The van der Waals surface area contributed by atoms with Gasteiger partial charge in [-0.15, -0.1) is 11.8 Å². The van der Waals surface area contributed by atoms with E-state index in [1.54, 1.807) is 37.4 Å². The molecule has 262 valence electrons. The molecule has 0 spiro atoms. The smallest absolute Gasteiger partial charge is 0.408 e. The van der Waals surface area contributed by atoms with Gasteiger partial charge in [0.05, 0.1) is 17.3 Å². The molecule has 0 radical (unpaired) electrons. The maximum atomic E-state index is 14.5. The fourth-order valence-electron chi connectivity index (χ4n) is 6.82. The second-order valence-corrected chi connectivity index (χ2v) is 15.2. The van der Waals surface area contributed by atoms with E-state index in [-0.39, 0.29) is 17.6 Å². The summed E-state index contributed by atoms with van der Waals surface area (Å²) >= 11 is 1.61. The number of likely N-dealkylation sites (tertiary alicyclic amines) is 1. The molecule has 1 N–H and O–H groups in total. The summed E-state index contributed by atoms with van der Waals surface area (Å²) in [4.78, 5) is 42.9. The van der Waals surface area contributed by atoms with Gasteiger partial charge in [-0.2, -0.15) is 0 Å². The van der Waals surface area contributed by atoms with E-state index in [9.17, 15) is 14.4 Å². The molecule has 1 heterocycles. The number of methoxy groups -OCH3 is 1. The maximum absolute atomic E-state index is 14.5. The number of carbonyl (C=O) groups excluding carboxylic acids is 3. The van der Waals surface area contributed by atoms with Crippen molar-refractivity contribution >= 4 is 29.7 Å². The van der Waals surface area contributed by atoms with Crippen molar-refractivity contribution in [2.75, 3.05) is 26.0 Å². The van der Waals surface area contributed by atoms with Gasteiger partial charge in [-0.05, 0) is 74.8 Å². The normalized spacial score (nSPS) is 15.1. The Hall–Kier alpha value is -4.56. The Morgan fingerprint density at radius 2 is 1.26 bits per heavy atom. The molecule has 0 aliphatic carbocycles. The number of alkyl carbamates (subject to hydrolysis) is 1. The molecule has 0 unspecified atom stereocenters. The second kappa shape index (κ2) is 16.0. The standard InChI is InChI=1S/C42H48N2O5S/c1-31-17-15-16-18-32(31)29-41(38(46)48-5)25-27-44(28-26-41)37(45)36(43-39(47)49-40(2,3)4)30-50-42(33-19-9-6-10-20-33,34-21-11-7-12-22-34)35-23-13-8-14-24-35/h6-24,36H,25-30H2,1-5H3,(H,43,47)/t36-/m0/s1. The lowest BCUT2D eigenvalue weighted by Crippen LogP contribution is -2.55. The summed E-state index contributed by atoms with van der Waals surface area (Å²) < 4.78 is 10.3. The van der Waals surface area contributed by atoms with Crippen molar-refractivity contribution in [3.63, 3.8) is 0 Å². The lowest BCUT2D eigenvalue weighted by atomic mass is 9.73. The van der Waals surface area contributed by atoms with Gasteiger partial charge >= 0.3 is 12.1 Å². The molecule has 1 saturated heterocycles. The van der Waals surface area contributed by atoms with E-state index in [4.69, 9.17) is 9.47 Å². The zero-order valence-corrected chi connectivity index (χ0v) is 30.5. The Bertz CT molecular complexity index is 1640. The number of esters is 1. The summed E-state index contributed by atoms with van der Waals surface area (Å²) in [6.07, 6.45) is 0.793. The quantitative estimate of drug-likeness (QED) is 0.127. The van der Waals surface area contributed by atoms with Crippen molar-refractivity contribution < 1.29 is 23.9 Å². The molecule has 1 aliphatic heterocycles. The Morgan fingerprint density at radius 3 is 1.72 bits per heavy atom. The zero-order valence-electron chi connectivity index (χ0n) is 29.7. The first kappa shape index (κ1) is 36.7. The Kier molecular flexibility index (Phi) is 11.7. The fourth-order valence-corrected chi connectivity index (χ4v) is 8.37.